The highest BCUT2D eigenvalue weighted by Gasteiger charge is 2.45. The van der Waals surface area contributed by atoms with Crippen LogP contribution in [0.1, 0.15) is 236 Å². The molecule has 0 aromatic rings. The van der Waals surface area contributed by atoms with E-state index in [2.05, 4.69) is 69.2 Å². The standard InChI is InChI=1S/C52H98O7/c1-11-13-15-17-19-21-23-25-27-29-31-33-39(3)35-49(53)55-37-47-43(7)41(5)45(9)51(57-47)59-52-46(10)42(6)44(8)48(58-52)38-56-50(54)36-40(4)34-32-30-28-26-24-22-20-18-16-14-12-2/h39-48,51-52H,11-38H2,1-10H3/t39?,40?,41-,42-,43-,44-,45?,46?,47?,48?,51+,52+/m0/s1. The number of ether oxygens (including phenoxy) is 5. The molecule has 0 N–H and O–H groups in total. The first-order valence-corrected chi connectivity index (χ1v) is 25.7. The number of hydrogen-bond donors (Lipinski definition) is 0. The molecule has 2 rings (SSSR count). The third kappa shape index (κ3) is 22.7. The van der Waals surface area contributed by atoms with Crippen molar-refractivity contribution >= 4 is 11.9 Å². The molecule has 6 unspecified atom stereocenters. The molecule has 0 spiro atoms. The van der Waals surface area contributed by atoms with Crippen molar-refractivity contribution in [3.8, 4) is 0 Å². The maximum absolute atomic E-state index is 12.9. The summed E-state index contributed by atoms with van der Waals surface area (Å²) >= 11 is 0. The molecule has 2 fully saturated rings. The summed E-state index contributed by atoms with van der Waals surface area (Å²) in [7, 11) is 0. The quantitative estimate of drug-likeness (QED) is 0.0472. The predicted molar refractivity (Wildman–Crippen MR) is 245 cm³/mol. The van der Waals surface area contributed by atoms with Crippen molar-refractivity contribution < 1.29 is 33.3 Å². The van der Waals surface area contributed by atoms with Crippen molar-refractivity contribution in [1.29, 1.82) is 0 Å². The Labute approximate surface area is 365 Å². The smallest absolute Gasteiger partial charge is 0.306 e. The van der Waals surface area contributed by atoms with Gasteiger partial charge in [-0.1, -0.05) is 223 Å². The summed E-state index contributed by atoms with van der Waals surface area (Å²) in [5, 5.41) is 0. The van der Waals surface area contributed by atoms with Crippen molar-refractivity contribution in [3.05, 3.63) is 0 Å². The fourth-order valence-corrected chi connectivity index (χ4v) is 9.35. The second-order valence-corrected chi connectivity index (χ2v) is 20.0. The van der Waals surface area contributed by atoms with Gasteiger partial charge in [-0.05, 0) is 35.5 Å². The van der Waals surface area contributed by atoms with Gasteiger partial charge >= 0.3 is 11.9 Å². The van der Waals surface area contributed by atoms with Crippen molar-refractivity contribution in [2.24, 2.45) is 47.3 Å². The Morgan fingerprint density at radius 3 is 1.02 bits per heavy atom. The summed E-state index contributed by atoms with van der Waals surface area (Å²) in [6.45, 7) is 22.6. The number of rotatable bonds is 34. The number of esters is 2. The highest BCUT2D eigenvalue weighted by atomic mass is 16.8. The van der Waals surface area contributed by atoms with Crippen LogP contribution in [0.5, 0.6) is 0 Å². The Morgan fingerprint density at radius 1 is 0.424 bits per heavy atom. The van der Waals surface area contributed by atoms with E-state index in [4.69, 9.17) is 23.7 Å². The highest BCUT2D eigenvalue weighted by Crippen LogP contribution is 2.41. The van der Waals surface area contributed by atoms with Crippen LogP contribution in [0.4, 0.5) is 0 Å². The first-order chi connectivity index (χ1) is 28.4. The zero-order valence-electron chi connectivity index (χ0n) is 40.6. The van der Waals surface area contributed by atoms with E-state index < -0.39 is 12.6 Å². The normalized spacial score (nSPS) is 28.3. The third-order valence-corrected chi connectivity index (χ3v) is 14.7. The van der Waals surface area contributed by atoms with Crippen LogP contribution >= 0.6 is 0 Å². The molecule has 2 heterocycles. The van der Waals surface area contributed by atoms with E-state index >= 15 is 0 Å². The van der Waals surface area contributed by atoms with Crippen LogP contribution < -0.4 is 0 Å². The Kier molecular flexibility index (Phi) is 29.7. The highest BCUT2D eigenvalue weighted by molar-refractivity contribution is 5.70. The Bertz CT molecular complexity index is 970. The van der Waals surface area contributed by atoms with Crippen molar-refractivity contribution in [2.75, 3.05) is 13.2 Å². The van der Waals surface area contributed by atoms with Crippen LogP contribution in [0.3, 0.4) is 0 Å². The van der Waals surface area contributed by atoms with Gasteiger partial charge in [-0.25, -0.2) is 0 Å². The maximum atomic E-state index is 12.9. The molecule has 0 radical (unpaired) electrons. The molecule has 59 heavy (non-hydrogen) atoms. The molecule has 2 saturated heterocycles. The van der Waals surface area contributed by atoms with Gasteiger partial charge in [-0.15, -0.1) is 0 Å². The topological polar surface area (TPSA) is 80.3 Å². The molecule has 12 atom stereocenters. The Hall–Kier alpha value is -1.18. The summed E-state index contributed by atoms with van der Waals surface area (Å²) in [6, 6.07) is 0. The van der Waals surface area contributed by atoms with Crippen molar-refractivity contribution in [1.82, 2.24) is 0 Å². The van der Waals surface area contributed by atoms with E-state index in [1.54, 1.807) is 0 Å². The molecule has 2 aliphatic heterocycles. The summed E-state index contributed by atoms with van der Waals surface area (Å²) in [5.74, 6) is 1.75. The minimum absolute atomic E-state index is 0.131. The van der Waals surface area contributed by atoms with Crippen LogP contribution in [0.25, 0.3) is 0 Å². The molecule has 7 nitrogen and oxygen atoms in total. The summed E-state index contributed by atoms with van der Waals surface area (Å²) in [5.41, 5.74) is 0. The number of hydrogen-bond acceptors (Lipinski definition) is 7. The van der Waals surface area contributed by atoms with E-state index in [0.29, 0.717) is 36.5 Å². The van der Waals surface area contributed by atoms with Gasteiger partial charge in [0.25, 0.3) is 0 Å². The second-order valence-electron chi connectivity index (χ2n) is 20.0. The fraction of sp³-hybridized carbons (Fsp3) is 0.962. The van der Waals surface area contributed by atoms with E-state index in [9.17, 15) is 9.59 Å². The first kappa shape index (κ1) is 54.0. The Morgan fingerprint density at radius 2 is 0.712 bits per heavy atom. The number of carbonyl (C=O) groups is 2. The van der Waals surface area contributed by atoms with Gasteiger partial charge < -0.3 is 23.7 Å². The monoisotopic (exact) mass is 835 g/mol. The minimum atomic E-state index is -0.475. The molecular formula is C52H98O7. The van der Waals surface area contributed by atoms with E-state index in [0.717, 1.165) is 12.8 Å². The molecule has 348 valence electrons. The van der Waals surface area contributed by atoms with Crippen LogP contribution in [-0.4, -0.2) is 49.9 Å². The average Bonchev–Trinajstić information content (AvgIpc) is 3.21. The van der Waals surface area contributed by atoms with Gasteiger partial charge in [0.15, 0.2) is 12.6 Å². The molecule has 2 aliphatic rings. The zero-order valence-corrected chi connectivity index (χ0v) is 40.6. The fourth-order valence-electron chi connectivity index (χ4n) is 9.35. The van der Waals surface area contributed by atoms with Gasteiger partial charge in [-0.2, -0.15) is 0 Å². The van der Waals surface area contributed by atoms with Gasteiger partial charge in [0.2, 0.25) is 0 Å². The van der Waals surface area contributed by atoms with Gasteiger partial charge in [-0.3, -0.25) is 9.59 Å². The van der Waals surface area contributed by atoms with E-state index in [1.165, 1.54) is 141 Å². The van der Waals surface area contributed by atoms with Gasteiger partial charge in [0.1, 0.15) is 13.2 Å². The molecule has 0 aromatic carbocycles. The summed E-state index contributed by atoms with van der Waals surface area (Å²) < 4.78 is 31.6. The minimum Gasteiger partial charge on any atom is -0.463 e. The van der Waals surface area contributed by atoms with Crippen molar-refractivity contribution in [2.45, 2.75) is 261 Å². The molecule has 7 heteroatoms. The predicted octanol–water partition coefficient (Wildman–Crippen LogP) is 14.8. The van der Waals surface area contributed by atoms with Crippen LogP contribution in [0.2, 0.25) is 0 Å². The van der Waals surface area contributed by atoms with Crippen LogP contribution in [0.15, 0.2) is 0 Å². The van der Waals surface area contributed by atoms with Crippen molar-refractivity contribution in [3.63, 3.8) is 0 Å². The zero-order chi connectivity index (χ0) is 43.4. The molecular weight excluding hydrogens is 737 g/mol. The molecule has 0 aromatic heterocycles. The lowest BCUT2D eigenvalue weighted by Gasteiger charge is -2.48. The molecule has 0 amide bonds. The lowest BCUT2D eigenvalue weighted by Crippen LogP contribution is -2.53. The maximum Gasteiger partial charge on any atom is 0.306 e. The SMILES string of the molecule is CCCCCCCCCCCCCC(C)CC(=O)OCC1O[C@H](O[C@H]2OC(COC(=O)CC(C)CCCCCCCCCCCCC)[C@@H](C)[C@H](C)C2C)C(C)[C@@H](C)[C@@H]1C. The van der Waals surface area contributed by atoms with E-state index in [1.807, 2.05) is 0 Å². The Balaban J connectivity index is 1.71. The molecule has 0 saturated carbocycles. The largest absolute Gasteiger partial charge is 0.463 e. The number of carbonyl (C=O) groups excluding carboxylic acids is 2. The number of unbranched alkanes of at least 4 members (excludes halogenated alkanes) is 20. The lowest BCUT2D eigenvalue weighted by atomic mass is 9.78. The summed E-state index contributed by atoms with van der Waals surface area (Å²) in [6.07, 6.45) is 31.0. The average molecular weight is 835 g/mol. The van der Waals surface area contributed by atoms with E-state index in [-0.39, 0.29) is 61.0 Å². The third-order valence-electron chi connectivity index (χ3n) is 14.7. The van der Waals surface area contributed by atoms with Crippen LogP contribution in [0, 0.1) is 47.3 Å². The summed E-state index contributed by atoms with van der Waals surface area (Å²) in [4.78, 5) is 25.9. The van der Waals surface area contributed by atoms with Crippen LogP contribution in [-0.2, 0) is 33.3 Å². The molecule has 0 bridgehead atoms. The molecule has 0 aliphatic carbocycles. The van der Waals surface area contributed by atoms with Gasteiger partial charge in [0, 0.05) is 24.7 Å². The second kappa shape index (κ2) is 32.5. The lowest BCUT2D eigenvalue weighted by molar-refractivity contribution is -0.344. The first-order valence-electron chi connectivity index (χ1n) is 25.7. The van der Waals surface area contributed by atoms with Gasteiger partial charge in [0.05, 0.1) is 12.2 Å².